The van der Waals surface area contributed by atoms with Gasteiger partial charge in [0.2, 0.25) is 5.91 Å². The molecule has 1 atom stereocenters. The zero-order valence-corrected chi connectivity index (χ0v) is 13.0. The fraction of sp³-hybridized carbons (Fsp3) is 0.500. The first-order valence-electron chi connectivity index (χ1n) is 7.91. The Kier molecular flexibility index (Phi) is 5.09. The Balaban J connectivity index is 1.56. The fourth-order valence-corrected chi connectivity index (χ4v) is 2.80. The smallest absolute Gasteiger partial charge is 0.315 e. The van der Waals surface area contributed by atoms with Crippen LogP contribution >= 0.6 is 0 Å². The number of nitrogens with one attached hydrogen (secondary N) is 3. The molecular weight excluding hydrogens is 296 g/mol. The monoisotopic (exact) mass is 318 g/mol. The van der Waals surface area contributed by atoms with Crippen molar-refractivity contribution in [3.8, 4) is 0 Å². The van der Waals surface area contributed by atoms with E-state index in [1.807, 2.05) is 18.2 Å². The molecule has 0 bridgehead atoms. The van der Waals surface area contributed by atoms with E-state index in [4.69, 9.17) is 4.74 Å². The number of benzene rings is 1. The standard InChI is InChI=1S/C16H22N4O3/c21-15(14-10-18-16(22)19-14)17-9-12-3-1-2-4-13(12)11-20-5-7-23-8-6-20/h1-4,14H,5-11H2,(H,17,21)(H2,18,19,22). The highest BCUT2D eigenvalue weighted by Crippen LogP contribution is 2.13. The van der Waals surface area contributed by atoms with Crippen molar-refractivity contribution in [1.82, 2.24) is 20.9 Å². The lowest BCUT2D eigenvalue weighted by Gasteiger charge is -2.27. The van der Waals surface area contributed by atoms with Gasteiger partial charge in [-0.05, 0) is 11.1 Å². The first-order chi connectivity index (χ1) is 11.2. The van der Waals surface area contributed by atoms with E-state index in [0.717, 1.165) is 38.4 Å². The Hall–Kier alpha value is -2.12. The van der Waals surface area contributed by atoms with Crippen LogP contribution in [-0.4, -0.2) is 55.7 Å². The summed E-state index contributed by atoms with van der Waals surface area (Å²) in [6.07, 6.45) is 0. The number of amides is 3. The lowest BCUT2D eigenvalue weighted by Crippen LogP contribution is -2.42. The summed E-state index contributed by atoms with van der Waals surface area (Å²) in [6, 6.07) is 7.33. The highest BCUT2D eigenvalue weighted by molar-refractivity contribution is 5.90. The Bertz CT molecular complexity index is 572. The number of carbonyl (C=O) groups is 2. The molecule has 1 aromatic carbocycles. The summed E-state index contributed by atoms with van der Waals surface area (Å²) < 4.78 is 5.37. The average Bonchev–Trinajstić information content (AvgIpc) is 3.01. The molecule has 1 aromatic rings. The number of carbonyl (C=O) groups excluding carboxylic acids is 2. The molecule has 0 aliphatic carbocycles. The van der Waals surface area contributed by atoms with E-state index >= 15 is 0 Å². The molecule has 0 aromatic heterocycles. The molecule has 3 amide bonds. The van der Waals surface area contributed by atoms with Crippen molar-refractivity contribution >= 4 is 11.9 Å². The summed E-state index contributed by atoms with van der Waals surface area (Å²) in [7, 11) is 0. The predicted molar refractivity (Wildman–Crippen MR) is 84.7 cm³/mol. The summed E-state index contributed by atoms with van der Waals surface area (Å²) in [5, 5.41) is 8.07. The maximum atomic E-state index is 12.1. The molecule has 2 fully saturated rings. The third kappa shape index (κ3) is 4.20. The van der Waals surface area contributed by atoms with Gasteiger partial charge < -0.3 is 20.7 Å². The van der Waals surface area contributed by atoms with Gasteiger partial charge in [-0.2, -0.15) is 0 Å². The van der Waals surface area contributed by atoms with Crippen molar-refractivity contribution in [2.45, 2.75) is 19.1 Å². The normalized spacial score (nSPS) is 21.6. The van der Waals surface area contributed by atoms with Gasteiger partial charge >= 0.3 is 6.03 Å². The number of hydrogen-bond acceptors (Lipinski definition) is 4. The van der Waals surface area contributed by atoms with Crippen molar-refractivity contribution in [1.29, 1.82) is 0 Å². The van der Waals surface area contributed by atoms with Gasteiger partial charge in [-0.15, -0.1) is 0 Å². The number of hydrogen-bond donors (Lipinski definition) is 3. The van der Waals surface area contributed by atoms with Gasteiger partial charge in [0, 0.05) is 32.7 Å². The van der Waals surface area contributed by atoms with Crippen molar-refractivity contribution < 1.29 is 14.3 Å². The summed E-state index contributed by atoms with van der Waals surface area (Å²) in [6.45, 7) is 5.06. The SMILES string of the molecule is O=C1NCC(C(=O)NCc2ccccc2CN2CCOCC2)N1. The molecule has 2 aliphatic rings. The van der Waals surface area contributed by atoms with E-state index in [2.05, 4.69) is 26.9 Å². The van der Waals surface area contributed by atoms with E-state index in [9.17, 15) is 9.59 Å². The molecule has 0 radical (unpaired) electrons. The second kappa shape index (κ2) is 7.43. The van der Waals surface area contributed by atoms with Crippen LogP contribution < -0.4 is 16.0 Å². The Morgan fingerprint density at radius 3 is 2.70 bits per heavy atom. The number of morpholine rings is 1. The molecule has 2 aliphatic heterocycles. The lowest BCUT2D eigenvalue weighted by atomic mass is 10.1. The topological polar surface area (TPSA) is 82.7 Å². The summed E-state index contributed by atoms with van der Waals surface area (Å²) in [4.78, 5) is 25.5. The summed E-state index contributed by atoms with van der Waals surface area (Å²) in [5.41, 5.74) is 2.31. The zero-order chi connectivity index (χ0) is 16.1. The third-order valence-corrected chi connectivity index (χ3v) is 4.16. The van der Waals surface area contributed by atoms with Gasteiger partial charge in [-0.3, -0.25) is 9.69 Å². The minimum absolute atomic E-state index is 0.162. The molecule has 3 rings (SSSR count). The van der Waals surface area contributed by atoms with Crippen LogP contribution in [0, 0.1) is 0 Å². The first kappa shape index (κ1) is 15.8. The largest absolute Gasteiger partial charge is 0.379 e. The molecule has 0 spiro atoms. The van der Waals surface area contributed by atoms with Gasteiger partial charge in [0.15, 0.2) is 0 Å². The van der Waals surface area contributed by atoms with Gasteiger partial charge in [-0.1, -0.05) is 24.3 Å². The molecule has 2 saturated heterocycles. The molecule has 3 N–H and O–H groups in total. The summed E-state index contributed by atoms with van der Waals surface area (Å²) >= 11 is 0. The van der Waals surface area contributed by atoms with Crippen molar-refractivity contribution in [3.05, 3.63) is 35.4 Å². The molecule has 23 heavy (non-hydrogen) atoms. The van der Waals surface area contributed by atoms with Crippen molar-refractivity contribution in [2.75, 3.05) is 32.8 Å². The molecule has 2 heterocycles. The highest BCUT2D eigenvalue weighted by atomic mass is 16.5. The van der Waals surface area contributed by atoms with Crippen LogP contribution in [0.25, 0.3) is 0 Å². The van der Waals surface area contributed by atoms with Crippen molar-refractivity contribution in [3.63, 3.8) is 0 Å². The second-order valence-corrected chi connectivity index (χ2v) is 5.78. The van der Waals surface area contributed by atoms with Gasteiger partial charge in [0.05, 0.1) is 13.2 Å². The minimum Gasteiger partial charge on any atom is -0.379 e. The minimum atomic E-state index is -0.492. The molecule has 7 heteroatoms. The van der Waals surface area contributed by atoms with Gasteiger partial charge in [0.1, 0.15) is 6.04 Å². The van der Waals surface area contributed by atoms with Crippen LogP contribution in [-0.2, 0) is 22.6 Å². The highest BCUT2D eigenvalue weighted by Gasteiger charge is 2.26. The van der Waals surface area contributed by atoms with E-state index in [1.54, 1.807) is 0 Å². The zero-order valence-electron chi connectivity index (χ0n) is 13.0. The quantitative estimate of drug-likeness (QED) is 0.703. The van der Waals surface area contributed by atoms with Gasteiger partial charge in [-0.25, -0.2) is 4.79 Å². The van der Waals surface area contributed by atoms with Crippen LogP contribution in [0.1, 0.15) is 11.1 Å². The number of ether oxygens (including phenoxy) is 1. The molecule has 1 unspecified atom stereocenters. The predicted octanol–water partition coefficient (Wildman–Crippen LogP) is -0.184. The summed E-state index contributed by atoms with van der Waals surface area (Å²) in [5.74, 6) is -0.162. The van der Waals surface area contributed by atoms with E-state index in [0.29, 0.717) is 13.1 Å². The lowest BCUT2D eigenvalue weighted by molar-refractivity contribution is -0.122. The van der Waals surface area contributed by atoms with E-state index in [1.165, 1.54) is 5.56 Å². The Morgan fingerprint density at radius 1 is 1.26 bits per heavy atom. The molecular formula is C16H22N4O3. The van der Waals surface area contributed by atoms with Crippen LogP contribution in [0.3, 0.4) is 0 Å². The van der Waals surface area contributed by atoms with Crippen molar-refractivity contribution in [2.24, 2.45) is 0 Å². The van der Waals surface area contributed by atoms with Crippen LogP contribution in [0.2, 0.25) is 0 Å². The number of nitrogens with zero attached hydrogens (tertiary/aromatic N) is 1. The Morgan fingerprint density at radius 2 is 2.00 bits per heavy atom. The maximum absolute atomic E-state index is 12.1. The molecule has 124 valence electrons. The van der Waals surface area contributed by atoms with E-state index in [-0.39, 0.29) is 11.9 Å². The van der Waals surface area contributed by atoms with Crippen LogP contribution in [0.4, 0.5) is 4.79 Å². The number of rotatable bonds is 5. The average molecular weight is 318 g/mol. The fourth-order valence-electron chi connectivity index (χ4n) is 2.80. The second-order valence-electron chi connectivity index (χ2n) is 5.78. The van der Waals surface area contributed by atoms with Crippen LogP contribution in [0.15, 0.2) is 24.3 Å². The molecule has 7 nitrogen and oxygen atoms in total. The first-order valence-corrected chi connectivity index (χ1v) is 7.91. The number of urea groups is 1. The third-order valence-electron chi connectivity index (χ3n) is 4.16. The molecule has 0 saturated carbocycles. The van der Waals surface area contributed by atoms with E-state index < -0.39 is 6.04 Å². The Labute approximate surface area is 135 Å². The maximum Gasteiger partial charge on any atom is 0.315 e. The van der Waals surface area contributed by atoms with Gasteiger partial charge in [0.25, 0.3) is 0 Å². The van der Waals surface area contributed by atoms with Crippen LogP contribution in [0.5, 0.6) is 0 Å².